The molecule has 1 N–H and O–H groups in total. The maximum Gasteiger partial charge on any atom is 0.308 e. The third-order valence-corrected chi connectivity index (χ3v) is 6.34. The van der Waals surface area contributed by atoms with E-state index in [4.69, 9.17) is 20.8 Å². The normalized spacial score (nSPS) is 21.2. The van der Waals surface area contributed by atoms with Gasteiger partial charge in [0.1, 0.15) is 11.5 Å². The predicted molar refractivity (Wildman–Crippen MR) is 103 cm³/mol. The lowest BCUT2D eigenvalue weighted by molar-refractivity contribution is -0.146. The number of carboxylic acid groups (broad SMARTS) is 1. The monoisotopic (exact) mass is 403 g/mol. The number of nitrogens with zero attached hydrogens (tertiary/aromatic N) is 1. The van der Waals surface area contributed by atoms with Crippen LogP contribution in [-0.4, -0.2) is 48.2 Å². The largest absolute Gasteiger partial charge is 0.481 e. The molecule has 2 aliphatic rings. The average molecular weight is 404 g/mol. The Balaban J connectivity index is 1.62. The van der Waals surface area contributed by atoms with Crippen molar-refractivity contribution in [3.63, 3.8) is 0 Å². The molecule has 2 aliphatic heterocycles. The predicted octanol–water partition coefficient (Wildman–Crippen LogP) is 3.86. The summed E-state index contributed by atoms with van der Waals surface area (Å²) < 4.78 is 11.2. The van der Waals surface area contributed by atoms with E-state index in [1.54, 1.807) is 24.0 Å². The first-order valence-corrected chi connectivity index (χ1v) is 9.74. The van der Waals surface area contributed by atoms with Gasteiger partial charge in [-0.25, -0.2) is 0 Å². The minimum atomic E-state index is -0.849. The Hall–Kier alpha value is -2.31. The number of hydrogen-bond acceptors (Lipinski definition) is 4. The summed E-state index contributed by atoms with van der Waals surface area (Å²) in [5, 5.41) is 10.3. The third-order valence-electron chi connectivity index (χ3n) is 6.01. The smallest absolute Gasteiger partial charge is 0.308 e. The van der Waals surface area contributed by atoms with Crippen molar-refractivity contribution in [1.82, 2.24) is 4.90 Å². The molecule has 6 nitrogen and oxygen atoms in total. The number of carboxylic acids is 1. The first-order chi connectivity index (χ1) is 13.4. The Morgan fingerprint density at radius 3 is 2.64 bits per heavy atom. The molecule has 2 aromatic rings. The highest BCUT2D eigenvalue weighted by atomic mass is 35.5. The van der Waals surface area contributed by atoms with Crippen LogP contribution in [-0.2, 0) is 9.53 Å². The SMILES string of the molecule is Cc1oc(-c2ccccc2Cl)cc1C(=O)N1CC(C(=O)O)C2(CCOCC2)C1. The van der Waals surface area contributed by atoms with Gasteiger partial charge in [0.05, 0.1) is 16.5 Å². The molecular weight excluding hydrogens is 382 g/mol. The van der Waals surface area contributed by atoms with Crippen LogP contribution in [0.15, 0.2) is 34.7 Å². The maximum absolute atomic E-state index is 13.2. The molecule has 1 spiro atoms. The van der Waals surface area contributed by atoms with Gasteiger partial charge in [-0.2, -0.15) is 0 Å². The number of likely N-dealkylation sites (tertiary alicyclic amines) is 1. The summed E-state index contributed by atoms with van der Waals surface area (Å²) in [4.78, 5) is 26.7. The highest BCUT2D eigenvalue weighted by Crippen LogP contribution is 2.45. The van der Waals surface area contributed by atoms with E-state index < -0.39 is 17.3 Å². The number of halogens is 1. The van der Waals surface area contributed by atoms with Gasteiger partial charge in [-0.05, 0) is 38.0 Å². The van der Waals surface area contributed by atoms with Gasteiger partial charge in [0.15, 0.2) is 0 Å². The van der Waals surface area contributed by atoms with E-state index >= 15 is 0 Å². The Bertz CT molecular complexity index is 915. The number of ether oxygens (including phenoxy) is 1. The summed E-state index contributed by atoms with van der Waals surface area (Å²) in [7, 11) is 0. The molecule has 1 unspecified atom stereocenters. The Morgan fingerprint density at radius 1 is 1.25 bits per heavy atom. The molecule has 1 atom stereocenters. The van der Waals surface area contributed by atoms with Gasteiger partial charge in [0.2, 0.25) is 0 Å². The van der Waals surface area contributed by atoms with E-state index in [-0.39, 0.29) is 12.5 Å². The van der Waals surface area contributed by atoms with E-state index in [2.05, 4.69) is 0 Å². The Kier molecular flexibility index (Phi) is 4.93. The standard InChI is InChI=1S/C21H22ClNO5/c1-13-15(10-18(28-13)14-4-2-3-5-17(14)22)19(24)23-11-16(20(25)26)21(12-23)6-8-27-9-7-21/h2-5,10,16H,6-9,11-12H2,1H3,(H,25,26). The van der Waals surface area contributed by atoms with Gasteiger partial charge in [0.25, 0.3) is 5.91 Å². The molecule has 0 radical (unpaired) electrons. The molecular formula is C21H22ClNO5. The molecule has 2 fully saturated rings. The number of furan rings is 1. The number of hydrogen-bond donors (Lipinski definition) is 1. The molecule has 1 aromatic heterocycles. The highest BCUT2D eigenvalue weighted by Gasteiger charge is 2.52. The second-order valence-electron chi connectivity index (χ2n) is 7.61. The summed E-state index contributed by atoms with van der Waals surface area (Å²) in [5.41, 5.74) is 0.753. The van der Waals surface area contributed by atoms with Gasteiger partial charge < -0.3 is 19.2 Å². The van der Waals surface area contributed by atoms with Crippen molar-refractivity contribution < 1.29 is 23.8 Å². The molecule has 7 heteroatoms. The molecule has 4 rings (SSSR count). The topological polar surface area (TPSA) is 80.0 Å². The third kappa shape index (κ3) is 3.20. The van der Waals surface area contributed by atoms with Crippen LogP contribution >= 0.6 is 11.6 Å². The van der Waals surface area contributed by atoms with Gasteiger partial charge >= 0.3 is 5.97 Å². The number of benzene rings is 1. The summed E-state index contributed by atoms with van der Waals surface area (Å²) >= 11 is 6.25. The van der Waals surface area contributed by atoms with E-state index in [0.717, 1.165) is 5.56 Å². The van der Waals surface area contributed by atoms with Crippen LogP contribution in [0, 0.1) is 18.3 Å². The van der Waals surface area contributed by atoms with Crippen LogP contribution in [0.25, 0.3) is 11.3 Å². The zero-order valence-corrected chi connectivity index (χ0v) is 16.4. The maximum atomic E-state index is 13.2. The number of carbonyl (C=O) groups is 2. The highest BCUT2D eigenvalue weighted by molar-refractivity contribution is 6.33. The van der Waals surface area contributed by atoms with Crippen molar-refractivity contribution in [3.05, 3.63) is 46.7 Å². The first kappa shape index (κ1) is 19.0. The van der Waals surface area contributed by atoms with E-state index in [9.17, 15) is 14.7 Å². The minimum Gasteiger partial charge on any atom is -0.481 e. The number of aryl methyl sites for hydroxylation is 1. The number of amides is 1. The van der Waals surface area contributed by atoms with Crippen LogP contribution in [0.1, 0.15) is 29.0 Å². The molecule has 3 heterocycles. The molecule has 0 bridgehead atoms. The van der Waals surface area contributed by atoms with Crippen molar-refractivity contribution in [2.45, 2.75) is 19.8 Å². The zero-order valence-electron chi connectivity index (χ0n) is 15.6. The zero-order chi connectivity index (χ0) is 19.9. The van der Waals surface area contributed by atoms with Gasteiger partial charge in [-0.1, -0.05) is 23.7 Å². The minimum absolute atomic E-state index is 0.200. The summed E-state index contributed by atoms with van der Waals surface area (Å²) in [6, 6.07) is 8.99. The quantitative estimate of drug-likeness (QED) is 0.841. The van der Waals surface area contributed by atoms with Crippen LogP contribution in [0.4, 0.5) is 0 Å². The molecule has 28 heavy (non-hydrogen) atoms. The lowest BCUT2D eigenvalue weighted by Gasteiger charge is -2.36. The molecule has 1 aromatic carbocycles. The fraction of sp³-hybridized carbons (Fsp3) is 0.429. The number of carbonyl (C=O) groups excluding carboxylic acids is 1. The number of rotatable bonds is 3. The van der Waals surface area contributed by atoms with Gasteiger partial charge in [-0.3, -0.25) is 9.59 Å². The fourth-order valence-corrected chi connectivity index (χ4v) is 4.64. The fourth-order valence-electron chi connectivity index (χ4n) is 4.41. The Labute approximate surface area is 168 Å². The average Bonchev–Trinajstić information content (AvgIpc) is 3.23. The second kappa shape index (κ2) is 7.26. The summed E-state index contributed by atoms with van der Waals surface area (Å²) in [6.07, 6.45) is 1.31. The molecule has 0 saturated carbocycles. The van der Waals surface area contributed by atoms with E-state index in [1.807, 2.05) is 18.2 Å². The molecule has 2 saturated heterocycles. The van der Waals surface area contributed by atoms with Crippen molar-refractivity contribution in [2.24, 2.45) is 11.3 Å². The molecule has 0 aliphatic carbocycles. The number of aliphatic carboxylic acids is 1. The van der Waals surface area contributed by atoms with Crippen LogP contribution in [0.3, 0.4) is 0 Å². The van der Waals surface area contributed by atoms with Crippen molar-refractivity contribution in [1.29, 1.82) is 0 Å². The van der Waals surface area contributed by atoms with Crippen molar-refractivity contribution in [3.8, 4) is 11.3 Å². The molecule has 1 amide bonds. The first-order valence-electron chi connectivity index (χ1n) is 9.36. The van der Waals surface area contributed by atoms with Gasteiger partial charge in [-0.15, -0.1) is 0 Å². The van der Waals surface area contributed by atoms with Gasteiger partial charge in [0, 0.05) is 37.3 Å². The lowest BCUT2D eigenvalue weighted by atomic mass is 9.72. The van der Waals surface area contributed by atoms with E-state index in [0.29, 0.717) is 54.7 Å². The Morgan fingerprint density at radius 2 is 1.96 bits per heavy atom. The second-order valence-corrected chi connectivity index (χ2v) is 8.02. The van der Waals surface area contributed by atoms with Crippen molar-refractivity contribution >= 4 is 23.5 Å². The summed E-state index contributed by atoms with van der Waals surface area (Å²) in [5.74, 6) is -0.594. The van der Waals surface area contributed by atoms with Crippen LogP contribution < -0.4 is 0 Å². The molecule has 148 valence electrons. The summed E-state index contributed by atoms with van der Waals surface area (Å²) in [6.45, 7) is 3.45. The van der Waals surface area contributed by atoms with E-state index in [1.165, 1.54) is 0 Å². The lowest BCUT2D eigenvalue weighted by Crippen LogP contribution is -2.40. The van der Waals surface area contributed by atoms with Crippen LogP contribution in [0.5, 0.6) is 0 Å². The van der Waals surface area contributed by atoms with Crippen molar-refractivity contribution in [2.75, 3.05) is 26.3 Å². The van der Waals surface area contributed by atoms with Crippen LogP contribution in [0.2, 0.25) is 5.02 Å².